The summed E-state index contributed by atoms with van der Waals surface area (Å²) in [7, 11) is 0. The summed E-state index contributed by atoms with van der Waals surface area (Å²) in [5.74, 6) is 0. The van der Waals surface area contributed by atoms with Gasteiger partial charge in [-0.25, -0.2) is 10.0 Å². The van der Waals surface area contributed by atoms with E-state index in [-0.39, 0.29) is 0 Å². The lowest BCUT2D eigenvalue weighted by Crippen LogP contribution is -2.36. The molecule has 0 aliphatic carbocycles. The molecule has 0 atom stereocenters. The van der Waals surface area contributed by atoms with Gasteiger partial charge in [0, 0.05) is 39.3 Å². The Kier molecular flexibility index (Phi) is 3.55. The highest BCUT2D eigenvalue weighted by Crippen LogP contribution is 2.00. The number of hydrogen-bond acceptors (Lipinski definition) is 4. The molecule has 0 saturated carbocycles. The highest BCUT2D eigenvalue weighted by Gasteiger charge is 2.12. The summed E-state index contributed by atoms with van der Waals surface area (Å²) in [5, 5.41) is 4.69. The van der Waals surface area contributed by atoms with Gasteiger partial charge in [-0.15, -0.1) is 0 Å². The Balaban J connectivity index is 1.52. The number of hydrazine groups is 2. The van der Waals surface area contributed by atoms with Crippen LogP contribution in [0.15, 0.2) is 0 Å². The summed E-state index contributed by atoms with van der Waals surface area (Å²) in [4.78, 5) is 0. The van der Waals surface area contributed by atoms with Crippen LogP contribution in [0, 0.1) is 0 Å². The van der Waals surface area contributed by atoms with Crippen molar-refractivity contribution in [3.05, 3.63) is 0 Å². The minimum atomic E-state index is 1.17. The van der Waals surface area contributed by atoms with Crippen LogP contribution in [-0.4, -0.2) is 49.3 Å². The van der Waals surface area contributed by atoms with Crippen LogP contribution in [0.1, 0.15) is 19.3 Å². The van der Waals surface area contributed by atoms with Crippen molar-refractivity contribution >= 4 is 0 Å². The highest BCUT2D eigenvalue weighted by molar-refractivity contribution is 4.65. The molecule has 0 radical (unpaired) electrons. The molecule has 0 aromatic heterocycles. The van der Waals surface area contributed by atoms with E-state index in [9.17, 15) is 0 Å². The first-order chi connectivity index (χ1) is 6.45. The second-order valence-corrected chi connectivity index (χ2v) is 3.85. The van der Waals surface area contributed by atoms with Gasteiger partial charge < -0.3 is 0 Å². The lowest BCUT2D eigenvalue weighted by Gasteiger charge is -2.18. The summed E-state index contributed by atoms with van der Waals surface area (Å²) in [6, 6.07) is 0. The molecular formula is C9H20N4. The molecule has 0 aromatic carbocycles. The molecule has 0 spiro atoms. The van der Waals surface area contributed by atoms with Crippen molar-refractivity contribution < 1.29 is 0 Å². The molecule has 13 heavy (non-hydrogen) atoms. The van der Waals surface area contributed by atoms with Crippen LogP contribution >= 0.6 is 0 Å². The largest absolute Gasteiger partial charge is 0.255 e. The van der Waals surface area contributed by atoms with Crippen LogP contribution in [0.4, 0.5) is 0 Å². The number of nitrogens with one attached hydrogen (secondary N) is 2. The average Bonchev–Trinajstić information content (AvgIpc) is 2.75. The zero-order chi connectivity index (χ0) is 8.93. The molecule has 0 bridgehead atoms. The molecule has 0 unspecified atom stereocenters. The lowest BCUT2D eigenvalue weighted by molar-refractivity contribution is 0.204. The molecular weight excluding hydrogens is 164 g/mol. The van der Waals surface area contributed by atoms with E-state index in [1.807, 2.05) is 0 Å². The van der Waals surface area contributed by atoms with Crippen molar-refractivity contribution in [1.82, 2.24) is 20.9 Å². The van der Waals surface area contributed by atoms with Crippen molar-refractivity contribution in [3.8, 4) is 0 Å². The highest BCUT2D eigenvalue weighted by atomic mass is 15.5. The van der Waals surface area contributed by atoms with Gasteiger partial charge in [-0.2, -0.15) is 0 Å². The van der Waals surface area contributed by atoms with E-state index in [2.05, 4.69) is 20.9 Å². The molecule has 2 heterocycles. The maximum Gasteiger partial charge on any atom is 0.0143 e. The first-order valence-electron chi connectivity index (χ1n) is 5.42. The molecule has 2 fully saturated rings. The summed E-state index contributed by atoms with van der Waals surface area (Å²) in [6.07, 6.45) is 3.88. The van der Waals surface area contributed by atoms with Crippen molar-refractivity contribution in [2.45, 2.75) is 19.3 Å². The van der Waals surface area contributed by atoms with E-state index in [1.165, 1.54) is 58.5 Å². The molecule has 4 heteroatoms. The van der Waals surface area contributed by atoms with Gasteiger partial charge in [-0.05, 0) is 19.3 Å². The van der Waals surface area contributed by atoms with E-state index >= 15 is 0 Å². The normalized spacial score (nSPS) is 25.8. The van der Waals surface area contributed by atoms with E-state index < -0.39 is 0 Å². The Morgan fingerprint density at radius 1 is 0.846 bits per heavy atom. The van der Waals surface area contributed by atoms with Crippen LogP contribution in [-0.2, 0) is 0 Å². The minimum Gasteiger partial charge on any atom is -0.255 e. The van der Waals surface area contributed by atoms with E-state index in [0.29, 0.717) is 0 Å². The Morgan fingerprint density at radius 3 is 1.77 bits per heavy atom. The Morgan fingerprint density at radius 2 is 1.38 bits per heavy atom. The third kappa shape index (κ3) is 2.91. The Bertz CT molecular complexity index is 123. The maximum atomic E-state index is 3.38. The van der Waals surface area contributed by atoms with E-state index in [1.54, 1.807) is 0 Å². The van der Waals surface area contributed by atoms with Crippen LogP contribution in [0.25, 0.3) is 0 Å². The predicted octanol–water partition coefficient (Wildman–Crippen LogP) is -0.203. The quantitative estimate of drug-likeness (QED) is 0.633. The molecule has 2 aliphatic heterocycles. The summed E-state index contributed by atoms with van der Waals surface area (Å²) in [6.45, 7) is 7.18. The number of nitrogens with zero attached hydrogens (tertiary/aromatic N) is 2. The third-order valence-electron chi connectivity index (χ3n) is 2.74. The molecule has 2 rings (SSSR count). The van der Waals surface area contributed by atoms with Crippen LogP contribution in [0.5, 0.6) is 0 Å². The first-order valence-corrected chi connectivity index (χ1v) is 5.42. The lowest BCUT2D eigenvalue weighted by atomic mass is 10.4. The fourth-order valence-electron chi connectivity index (χ4n) is 2.01. The van der Waals surface area contributed by atoms with Gasteiger partial charge in [0.1, 0.15) is 0 Å². The average molecular weight is 184 g/mol. The third-order valence-corrected chi connectivity index (χ3v) is 2.74. The van der Waals surface area contributed by atoms with Gasteiger partial charge >= 0.3 is 0 Å². The van der Waals surface area contributed by atoms with Crippen molar-refractivity contribution in [3.63, 3.8) is 0 Å². The summed E-state index contributed by atoms with van der Waals surface area (Å²) in [5.41, 5.74) is 6.75. The smallest absolute Gasteiger partial charge is 0.0143 e. The fraction of sp³-hybridized carbons (Fsp3) is 1.00. The van der Waals surface area contributed by atoms with Gasteiger partial charge in [0.05, 0.1) is 0 Å². The molecule has 0 aromatic rings. The molecule has 0 amide bonds. The predicted molar refractivity (Wildman–Crippen MR) is 53.0 cm³/mol. The number of rotatable bonds is 4. The van der Waals surface area contributed by atoms with Crippen LogP contribution < -0.4 is 10.9 Å². The van der Waals surface area contributed by atoms with E-state index in [4.69, 9.17) is 0 Å². The van der Waals surface area contributed by atoms with Crippen LogP contribution in [0.3, 0.4) is 0 Å². The van der Waals surface area contributed by atoms with Gasteiger partial charge in [-0.1, -0.05) is 0 Å². The zero-order valence-corrected chi connectivity index (χ0v) is 8.26. The first kappa shape index (κ1) is 9.40. The standard InChI is InChI=1S/C9H20N4/c1-4-10-12(6-1)8-3-9-13-7-2-5-11-13/h10-11H,1-9H2. The van der Waals surface area contributed by atoms with Crippen molar-refractivity contribution in [2.24, 2.45) is 0 Å². The number of hydrogen-bond donors (Lipinski definition) is 2. The minimum absolute atomic E-state index is 1.17. The Hall–Kier alpha value is -0.160. The SMILES string of the molecule is C1CNN(CCCN2CCCN2)C1. The van der Waals surface area contributed by atoms with E-state index in [0.717, 1.165) is 0 Å². The van der Waals surface area contributed by atoms with Gasteiger partial charge in [0.25, 0.3) is 0 Å². The van der Waals surface area contributed by atoms with Gasteiger partial charge in [0.2, 0.25) is 0 Å². The van der Waals surface area contributed by atoms with Gasteiger partial charge in [0.15, 0.2) is 0 Å². The molecule has 76 valence electrons. The second-order valence-electron chi connectivity index (χ2n) is 3.85. The molecule has 4 nitrogen and oxygen atoms in total. The summed E-state index contributed by atoms with van der Waals surface area (Å²) < 4.78 is 0. The molecule has 2 N–H and O–H groups in total. The molecule has 2 aliphatic rings. The van der Waals surface area contributed by atoms with Crippen molar-refractivity contribution in [1.29, 1.82) is 0 Å². The molecule has 2 saturated heterocycles. The topological polar surface area (TPSA) is 30.5 Å². The van der Waals surface area contributed by atoms with Crippen LogP contribution in [0.2, 0.25) is 0 Å². The summed E-state index contributed by atoms with van der Waals surface area (Å²) >= 11 is 0. The Labute approximate surface area is 80.2 Å². The zero-order valence-electron chi connectivity index (χ0n) is 8.26. The monoisotopic (exact) mass is 184 g/mol. The van der Waals surface area contributed by atoms with Gasteiger partial charge in [-0.3, -0.25) is 10.9 Å². The maximum absolute atomic E-state index is 3.38. The second kappa shape index (κ2) is 4.91. The fourth-order valence-corrected chi connectivity index (χ4v) is 2.01. The van der Waals surface area contributed by atoms with Crippen molar-refractivity contribution in [2.75, 3.05) is 39.3 Å².